The fraction of sp³-hybridized carbons (Fsp3) is 0.312. The largest absolute Gasteiger partial charge is 0.326 e. The summed E-state index contributed by atoms with van der Waals surface area (Å²) in [6.07, 6.45) is 1.90. The molecule has 0 spiro atoms. The highest BCUT2D eigenvalue weighted by atomic mass is 32.2. The molecule has 1 amide bonds. The topological polar surface area (TPSA) is 89.0 Å². The zero-order chi connectivity index (χ0) is 16.4. The Labute approximate surface area is 134 Å². The molecule has 2 aromatic rings. The van der Waals surface area contributed by atoms with Crippen molar-refractivity contribution < 1.29 is 13.2 Å². The number of rotatable bonds is 5. The second-order valence-electron chi connectivity index (χ2n) is 5.50. The average molecular weight is 331 g/mol. The Bertz CT molecular complexity index is 828. The monoisotopic (exact) mass is 331 g/mol. The third kappa shape index (κ3) is 3.56. The summed E-state index contributed by atoms with van der Waals surface area (Å²) < 4.78 is 23.5. The summed E-state index contributed by atoms with van der Waals surface area (Å²) in [5.74, 6) is 0.165. The zero-order valence-electron chi connectivity index (χ0n) is 12.7. The van der Waals surface area contributed by atoms with Crippen LogP contribution in [0.3, 0.4) is 0 Å². The lowest BCUT2D eigenvalue weighted by Crippen LogP contribution is -2.13. The molecule has 1 aliphatic carbocycles. The summed E-state index contributed by atoms with van der Waals surface area (Å²) in [5.41, 5.74) is 2.03. The normalized spacial score (nSPS) is 14.5. The van der Waals surface area contributed by atoms with Crippen molar-refractivity contribution >= 4 is 21.4 Å². The highest BCUT2D eigenvalue weighted by molar-refractivity contribution is 7.91. The number of hydrogen-bond acceptors (Lipinski definition) is 5. The molecule has 0 unspecified atom stereocenters. The van der Waals surface area contributed by atoms with Gasteiger partial charge in [-0.05, 0) is 37.1 Å². The van der Waals surface area contributed by atoms with Gasteiger partial charge in [0.2, 0.25) is 5.91 Å². The standard InChI is InChI=1S/C16H17N3O3S/c1-2-23(21,22)15-9-8-14(18-19-15)12-4-3-5-13(10-12)17-16(20)11-6-7-11/h3-5,8-11H,2,6-7H2,1H3,(H,17,20). The van der Waals surface area contributed by atoms with Crippen LogP contribution in [0.25, 0.3) is 11.3 Å². The maximum Gasteiger partial charge on any atom is 0.227 e. The molecule has 0 saturated heterocycles. The van der Waals surface area contributed by atoms with E-state index in [9.17, 15) is 13.2 Å². The molecule has 120 valence electrons. The van der Waals surface area contributed by atoms with Crippen LogP contribution in [0.2, 0.25) is 0 Å². The fourth-order valence-electron chi connectivity index (χ4n) is 2.13. The summed E-state index contributed by atoms with van der Waals surface area (Å²) in [5, 5.41) is 10.6. The van der Waals surface area contributed by atoms with Crippen molar-refractivity contribution in [1.29, 1.82) is 0 Å². The number of nitrogens with zero attached hydrogens (tertiary/aromatic N) is 2. The van der Waals surface area contributed by atoms with Crippen LogP contribution < -0.4 is 5.32 Å². The van der Waals surface area contributed by atoms with E-state index in [1.54, 1.807) is 19.1 Å². The van der Waals surface area contributed by atoms with Crippen LogP contribution in [0.4, 0.5) is 5.69 Å². The van der Waals surface area contributed by atoms with Crippen molar-refractivity contribution in [2.24, 2.45) is 5.92 Å². The van der Waals surface area contributed by atoms with Crippen LogP contribution in [0.5, 0.6) is 0 Å². The summed E-state index contributed by atoms with van der Waals surface area (Å²) >= 11 is 0. The molecule has 6 nitrogen and oxygen atoms in total. The third-order valence-electron chi connectivity index (χ3n) is 3.71. The zero-order valence-corrected chi connectivity index (χ0v) is 13.5. The van der Waals surface area contributed by atoms with Crippen molar-refractivity contribution in [3.63, 3.8) is 0 Å². The van der Waals surface area contributed by atoms with E-state index in [2.05, 4.69) is 15.5 Å². The highest BCUT2D eigenvalue weighted by Crippen LogP contribution is 2.30. The summed E-state index contributed by atoms with van der Waals surface area (Å²) in [6, 6.07) is 10.3. The van der Waals surface area contributed by atoms with E-state index in [4.69, 9.17) is 0 Å². The molecule has 1 aromatic heterocycles. The van der Waals surface area contributed by atoms with E-state index in [1.165, 1.54) is 6.07 Å². The van der Waals surface area contributed by atoms with Gasteiger partial charge in [0, 0.05) is 17.2 Å². The molecule has 0 aliphatic heterocycles. The van der Waals surface area contributed by atoms with E-state index < -0.39 is 9.84 Å². The predicted octanol–water partition coefficient (Wildman–Crippen LogP) is 2.29. The maximum absolute atomic E-state index is 11.8. The van der Waals surface area contributed by atoms with Crippen LogP contribution in [0, 0.1) is 5.92 Å². The number of hydrogen-bond donors (Lipinski definition) is 1. The average Bonchev–Trinajstić information content (AvgIpc) is 3.40. The Hall–Kier alpha value is -2.28. The van der Waals surface area contributed by atoms with Gasteiger partial charge in [0.05, 0.1) is 11.4 Å². The fourth-order valence-corrected chi connectivity index (χ4v) is 2.87. The molecule has 1 aromatic carbocycles. The van der Waals surface area contributed by atoms with Crippen LogP contribution in [0.15, 0.2) is 41.4 Å². The SMILES string of the molecule is CCS(=O)(=O)c1ccc(-c2cccc(NC(=O)C3CC3)c2)nn1. The molecule has 1 saturated carbocycles. The van der Waals surface area contributed by atoms with Crippen molar-refractivity contribution in [2.45, 2.75) is 24.8 Å². The molecule has 0 atom stereocenters. The van der Waals surface area contributed by atoms with Gasteiger partial charge < -0.3 is 5.32 Å². The first-order chi connectivity index (χ1) is 11.0. The minimum atomic E-state index is -3.35. The van der Waals surface area contributed by atoms with Gasteiger partial charge >= 0.3 is 0 Å². The van der Waals surface area contributed by atoms with Gasteiger partial charge in [-0.2, -0.15) is 0 Å². The van der Waals surface area contributed by atoms with Gasteiger partial charge in [-0.25, -0.2) is 8.42 Å². The molecule has 1 heterocycles. The number of carbonyl (C=O) groups excluding carboxylic acids is 1. The highest BCUT2D eigenvalue weighted by Gasteiger charge is 2.29. The van der Waals surface area contributed by atoms with Crippen molar-refractivity contribution in [3.8, 4) is 11.3 Å². The lowest BCUT2D eigenvalue weighted by molar-refractivity contribution is -0.117. The number of benzene rings is 1. The van der Waals surface area contributed by atoms with Gasteiger partial charge in [-0.1, -0.05) is 19.1 Å². The van der Waals surface area contributed by atoms with E-state index in [0.29, 0.717) is 11.4 Å². The molecular weight excluding hydrogens is 314 g/mol. The number of aromatic nitrogens is 2. The quantitative estimate of drug-likeness (QED) is 0.908. The van der Waals surface area contributed by atoms with Crippen LogP contribution in [0.1, 0.15) is 19.8 Å². The predicted molar refractivity (Wildman–Crippen MR) is 86.5 cm³/mol. The van der Waals surface area contributed by atoms with Gasteiger partial charge in [0.25, 0.3) is 0 Å². The van der Waals surface area contributed by atoms with E-state index >= 15 is 0 Å². The van der Waals surface area contributed by atoms with Gasteiger partial charge in [0.15, 0.2) is 14.9 Å². The van der Waals surface area contributed by atoms with Crippen molar-refractivity contribution in [1.82, 2.24) is 10.2 Å². The Morgan fingerprint density at radius 1 is 1.22 bits per heavy atom. The van der Waals surface area contributed by atoms with Gasteiger partial charge in [0.1, 0.15) is 0 Å². The molecule has 0 bridgehead atoms. The third-order valence-corrected chi connectivity index (χ3v) is 5.33. The van der Waals surface area contributed by atoms with Crippen molar-refractivity contribution in [3.05, 3.63) is 36.4 Å². The van der Waals surface area contributed by atoms with Gasteiger partial charge in [-0.15, -0.1) is 10.2 Å². The lowest BCUT2D eigenvalue weighted by atomic mass is 10.1. The lowest BCUT2D eigenvalue weighted by Gasteiger charge is -2.07. The smallest absolute Gasteiger partial charge is 0.227 e. The van der Waals surface area contributed by atoms with Crippen LogP contribution in [-0.4, -0.2) is 30.3 Å². The molecule has 3 rings (SSSR count). The minimum absolute atomic E-state index is 0.0102. The Balaban J connectivity index is 1.82. The van der Waals surface area contributed by atoms with E-state index in [1.807, 2.05) is 18.2 Å². The first-order valence-corrected chi connectivity index (χ1v) is 9.12. The number of amides is 1. The molecule has 1 aliphatic rings. The first kappa shape index (κ1) is 15.6. The van der Waals surface area contributed by atoms with Crippen molar-refractivity contribution in [2.75, 3.05) is 11.1 Å². The number of carbonyl (C=O) groups is 1. The molecule has 0 radical (unpaired) electrons. The Kier molecular flexibility index (Phi) is 4.12. The van der Waals surface area contributed by atoms with E-state index in [-0.39, 0.29) is 22.6 Å². The number of sulfone groups is 1. The second kappa shape index (κ2) is 6.08. The van der Waals surface area contributed by atoms with Crippen LogP contribution in [-0.2, 0) is 14.6 Å². The summed E-state index contributed by atoms with van der Waals surface area (Å²) in [6.45, 7) is 1.57. The maximum atomic E-state index is 11.8. The second-order valence-corrected chi connectivity index (χ2v) is 7.73. The van der Waals surface area contributed by atoms with E-state index in [0.717, 1.165) is 18.4 Å². The Morgan fingerprint density at radius 2 is 2.00 bits per heavy atom. The molecule has 1 fully saturated rings. The number of anilines is 1. The summed E-state index contributed by atoms with van der Waals surface area (Å²) in [4.78, 5) is 11.8. The summed E-state index contributed by atoms with van der Waals surface area (Å²) in [7, 11) is -3.35. The molecule has 23 heavy (non-hydrogen) atoms. The molecular formula is C16H17N3O3S. The molecule has 1 N–H and O–H groups in total. The minimum Gasteiger partial charge on any atom is -0.326 e. The number of nitrogens with one attached hydrogen (secondary N) is 1. The van der Waals surface area contributed by atoms with Crippen LogP contribution >= 0.6 is 0 Å². The Morgan fingerprint density at radius 3 is 2.61 bits per heavy atom. The molecule has 7 heteroatoms. The van der Waals surface area contributed by atoms with Gasteiger partial charge in [-0.3, -0.25) is 4.79 Å². The first-order valence-electron chi connectivity index (χ1n) is 7.47.